The first-order valence-electron chi connectivity index (χ1n) is 10.0. The van der Waals surface area contributed by atoms with Crippen LogP contribution in [0.2, 0.25) is 0 Å². The van der Waals surface area contributed by atoms with Gasteiger partial charge in [-0.15, -0.1) is 0 Å². The number of fused-ring (bicyclic) bond motifs is 3. The highest BCUT2D eigenvalue weighted by Crippen LogP contribution is 2.61. The van der Waals surface area contributed by atoms with E-state index in [1.54, 1.807) is 0 Å². The molecule has 0 radical (unpaired) electrons. The first kappa shape index (κ1) is 19.2. The second-order valence-corrected chi connectivity index (χ2v) is 9.89. The Kier molecular flexibility index (Phi) is 4.99. The molecule has 0 spiro atoms. The number of hydrogen-bond donors (Lipinski definition) is 2. The molecule has 2 aliphatic rings. The quantitative estimate of drug-likeness (QED) is 0.685. The van der Waals surface area contributed by atoms with Crippen molar-refractivity contribution >= 4 is 15.9 Å². The molecule has 4 rings (SSSR count). The summed E-state index contributed by atoms with van der Waals surface area (Å²) < 4.78 is 1.14. The van der Waals surface area contributed by atoms with Gasteiger partial charge in [0.1, 0.15) is 0 Å². The molecular weight excluding hydrogens is 400 g/mol. The second-order valence-electron chi connectivity index (χ2n) is 8.97. The van der Waals surface area contributed by atoms with Crippen LogP contribution in [0.15, 0.2) is 53.0 Å². The lowest BCUT2D eigenvalue weighted by atomic mass is 9.46. The summed E-state index contributed by atoms with van der Waals surface area (Å²) in [4.78, 5) is 0. The van der Waals surface area contributed by atoms with Gasteiger partial charge >= 0.3 is 0 Å². The summed E-state index contributed by atoms with van der Waals surface area (Å²) in [5.41, 5.74) is 3.59. The van der Waals surface area contributed by atoms with Crippen LogP contribution in [0.25, 0.3) is 0 Å². The fraction of sp³-hybridized carbons (Fsp3) is 0.500. The van der Waals surface area contributed by atoms with Crippen molar-refractivity contribution in [1.29, 1.82) is 0 Å². The molecule has 2 aromatic rings. The zero-order valence-electron chi connectivity index (χ0n) is 16.2. The van der Waals surface area contributed by atoms with Crippen molar-refractivity contribution in [2.45, 2.75) is 51.0 Å². The smallest absolute Gasteiger partial charge is 0.0824 e. The van der Waals surface area contributed by atoms with Crippen molar-refractivity contribution in [1.82, 2.24) is 0 Å². The van der Waals surface area contributed by atoms with Gasteiger partial charge in [0.05, 0.1) is 6.10 Å². The standard InChI is InChI=1S/C24H29BrO2/c1-23-13-12-20(22(27)16-6-4-3-5-7-16)24(2,15-26)21(23)11-8-17-14-18(25)9-10-19(17)23/h3-7,9-10,14,20-22,26-27H,8,11-13,15H2,1-2H3/t20-,21-,22-,23-,24-/m0/s1. The van der Waals surface area contributed by atoms with E-state index in [0.717, 1.165) is 35.7 Å². The van der Waals surface area contributed by atoms with Gasteiger partial charge in [-0.2, -0.15) is 0 Å². The van der Waals surface area contributed by atoms with Crippen LogP contribution < -0.4 is 0 Å². The van der Waals surface area contributed by atoms with Crippen molar-refractivity contribution in [3.63, 3.8) is 0 Å². The van der Waals surface area contributed by atoms with Crippen LogP contribution in [0.4, 0.5) is 0 Å². The third-order valence-corrected chi connectivity index (χ3v) is 8.13. The Morgan fingerprint density at radius 3 is 2.56 bits per heavy atom. The maximum absolute atomic E-state index is 11.2. The van der Waals surface area contributed by atoms with Crippen molar-refractivity contribution in [3.05, 3.63) is 69.7 Å². The SMILES string of the molecule is C[C@@]1(CO)[C@H]2CCc3cc(Br)ccc3[C@]2(C)CC[C@H]1[C@@H](O)c1ccccc1. The van der Waals surface area contributed by atoms with E-state index in [0.29, 0.717) is 5.92 Å². The Hall–Kier alpha value is -1.16. The highest BCUT2D eigenvalue weighted by Gasteiger charge is 2.57. The minimum atomic E-state index is -0.529. The zero-order valence-corrected chi connectivity index (χ0v) is 17.7. The van der Waals surface area contributed by atoms with Gasteiger partial charge in [-0.25, -0.2) is 0 Å². The van der Waals surface area contributed by atoms with Crippen molar-refractivity contribution in [2.75, 3.05) is 6.61 Å². The lowest BCUT2D eigenvalue weighted by Gasteiger charge is -2.59. The Balaban J connectivity index is 1.73. The van der Waals surface area contributed by atoms with Crippen LogP contribution in [0.3, 0.4) is 0 Å². The average Bonchev–Trinajstić information content (AvgIpc) is 2.68. The predicted molar refractivity (Wildman–Crippen MR) is 113 cm³/mol. The first-order chi connectivity index (χ1) is 12.9. The molecule has 2 aliphatic carbocycles. The molecule has 0 saturated heterocycles. The summed E-state index contributed by atoms with van der Waals surface area (Å²) in [5.74, 6) is 0.431. The van der Waals surface area contributed by atoms with E-state index >= 15 is 0 Å². The van der Waals surface area contributed by atoms with Gasteiger partial charge in [-0.05, 0) is 77.2 Å². The van der Waals surface area contributed by atoms with E-state index in [1.807, 2.05) is 30.3 Å². The number of benzene rings is 2. The third-order valence-electron chi connectivity index (χ3n) is 7.63. The summed E-state index contributed by atoms with van der Waals surface area (Å²) in [6, 6.07) is 16.6. The number of hydrogen-bond acceptors (Lipinski definition) is 2. The van der Waals surface area contributed by atoms with E-state index in [1.165, 1.54) is 11.1 Å². The molecular formula is C24H29BrO2. The summed E-state index contributed by atoms with van der Waals surface area (Å²) >= 11 is 3.61. The van der Waals surface area contributed by atoms with Crippen molar-refractivity contribution in [3.8, 4) is 0 Å². The number of aliphatic hydroxyl groups is 2. The Morgan fingerprint density at radius 1 is 1.11 bits per heavy atom. The lowest BCUT2D eigenvalue weighted by molar-refractivity contribution is -0.108. The van der Waals surface area contributed by atoms with Crippen molar-refractivity contribution in [2.24, 2.45) is 17.3 Å². The molecule has 0 amide bonds. The predicted octanol–water partition coefficient (Wildman–Crippen LogP) is 5.41. The first-order valence-corrected chi connectivity index (χ1v) is 10.8. The van der Waals surface area contributed by atoms with Crippen molar-refractivity contribution < 1.29 is 10.2 Å². The molecule has 0 unspecified atom stereocenters. The number of halogens is 1. The topological polar surface area (TPSA) is 40.5 Å². The maximum atomic E-state index is 11.2. The highest BCUT2D eigenvalue weighted by atomic mass is 79.9. The Bertz CT molecular complexity index is 820. The molecule has 5 atom stereocenters. The number of rotatable bonds is 3. The third kappa shape index (κ3) is 2.99. The van der Waals surface area contributed by atoms with E-state index in [9.17, 15) is 10.2 Å². The molecule has 144 valence electrons. The molecule has 2 N–H and O–H groups in total. The maximum Gasteiger partial charge on any atom is 0.0824 e. The molecule has 0 bridgehead atoms. The monoisotopic (exact) mass is 428 g/mol. The van der Waals surface area contributed by atoms with Gasteiger partial charge in [-0.3, -0.25) is 0 Å². The van der Waals surface area contributed by atoms with Crippen LogP contribution in [-0.4, -0.2) is 16.8 Å². The van der Waals surface area contributed by atoms with E-state index in [4.69, 9.17) is 0 Å². The molecule has 27 heavy (non-hydrogen) atoms. The van der Waals surface area contributed by atoms with Gasteiger partial charge < -0.3 is 10.2 Å². The van der Waals surface area contributed by atoms with E-state index in [2.05, 4.69) is 48.0 Å². The van der Waals surface area contributed by atoms with Gasteiger partial charge in [0.2, 0.25) is 0 Å². The van der Waals surface area contributed by atoms with E-state index < -0.39 is 6.10 Å². The fourth-order valence-corrected chi connectivity index (χ4v) is 6.58. The number of aryl methyl sites for hydroxylation is 1. The molecule has 1 saturated carbocycles. The Labute approximate surface area is 170 Å². The van der Waals surface area contributed by atoms with Crippen LogP contribution >= 0.6 is 15.9 Å². The van der Waals surface area contributed by atoms with Crippen LogP contribution in [-0.2, 0) is 11.8 Å². The summed E-state index contributed by atoms with van der Waals surface area (Å²) in [6.45, 7) is 4.70. The van der Waals surface area contributed by atoms with Gasteiger partial charge in [0.25, 0.3) is 0 Å². The molecule has 0 aliphatic heterocycles. The van der Waals surface area contributed by atoms with Crippen LogP contribution in [0.5, 0.6) is 0 Å². The largest absolute Gasteiger partial charge is 0.396 e. The van der Waals surface area contributed by atoms with E-state index in [-0.39, 0.29) is 23.4 Å². The molecule has 1 fully saturated rings. The molecule has 3 heteroatoms. The highest BCUT2D eigenvalue weighted by molar-refractivity contribution is 9.10. The summed E-state index contributed by atoms with van der Waals surface area (Å²) in [5, 5.41) is 21.7. The molecule has 0 heterocycles. The normalized spacial score (nSPS) is 33.8. The average molecular weight is 429 g/mol. The molecule has 2 aromatic carbocycles. The fourth-order valence-electron chi connectivity index (χ4n) is 6.17. The Morgan fingerprint density at radius 2 is 1.85 bits per heavy atom. The minimum Gasteiger partial charge on any atom is -0.396 e. The van der Waals surface area contributed by atoms with Crippen LogP contribution in [0.1, 0.15) is 55.9 Å². The van der Waals surface area contributed by atoms with Crippen LogP contribution in [0, 0.1) is 17.3 Å². The molecule has 2 nitrogen and oxygen atoms in total. The van der Waals surface area contributed by atoms with Gasteiger partial charge in [-0.1, -0.05) is 66.2 Å². The van der Waals surface area contributed by atoms with Gasteiger partial charge in [0, 0.05) is 11.1 Å². The van der Waals surface area contributed by atoms with Gasteiger partial charge in [0.15, 0.2) is 0 Å². The second kappa shape index (κ2) is 7.02. The minimum absolute atomic E-state index is 0.0542. The lowest BCUT2D eigenvalue weighted by Crippen LogP contribution is -2.55. The summed E-state index contributed by atoms with van der Waals surface area (Å²) in [6.07, 6.45) is 3.55. The zero-order chi connectivity index (χ0) is 19.2. The summed E-state index contributed by atoms with van der Waals surface area (Å²) in [7, 11) is 0. The molecule has 0 aromatic heterocycles. The number of aliphatic hydroxyl groups excluding tert-OH is 2.